The fourth-order valence-corrected chi connectivity index (χ4v) is 3.37. The average molecular weight is 375 g/mol. The molecule has 0 aliphatic carbocycles. The topological polar surface area (TPSA) is 111 Å². The van der Waals surface area contributed by atoms with Crippen LogP contribution in [0.5, 0.6) is 0 Å². The molecule has 5 atom stereocenters. The molecule has 2 fully saturated rings. The van der Waals surface area contributed by atoms with Gasteiger partial charge in [-0.05, 0) is 11.5 Å². The van der Waals surface area contributed by atoms with Gasteiger partial charge in [-0.3, -0.25) is 14.5 Å². The van der Waals surface area contributed by atoms with Crippen molar-refractivity contribution in [2.75, 3.05) is 6.61 Å². The number of amides is 2. The smallest absolute Gasteiger partial charge is 0.408 e. The summed E-state index contributed by atoms with van der Waals surface area (Å²) in [5, 5.41) is 2.63. The maximum Gasteiger partial charge on any atom is 0.408 e. The van der Waals surface area contributed by atoms with Crippen LogP contribution < -0.4 is 11.1 Å². The molecule has 27 heavy (non-hydrogen) atoms. The van der Waals surface area contributed by atoms with Crippen LogP contribution in [-0.2, 0) is 25.7 Å². The number of hydrogen-bond donors (Lipinski definition) is 2. The molecule has 2 amide bonds. The molecule has 1 aromatic rings. The summed E-state index contributed by atoms with van der Waals surface area (Å²) in [5.41, 5.74) is 6.63. The lowest BCUT2D eigenvalue weighted by atomic mass is 9.82. The normalized spacial score (nSPS) is 26.0. The van der Waals surface area contributed by atoms with Gasteiger partial charge in [0.2, 0.25) is 5.91 Å². The number of alkyl carbamates (subject to hydrolysis) is 1. The lowest BCUT2D eigenvalue weighted by Gasteiger charge is -2.43. The van der Waals surface area contributed by atoms with Gasteiger partial charge in [0.15, 0.2) is 12.0 Å². The minimum absolute atomic E-state index is 0.102. The van der Waals surface area contributed by atoms with E-state index in [4.69, 9.17) is 15.2 Å². The molecule has 3 rings (SSSR count). The molecule has 0 saturated carbocycles. The molecule has 2 aliphatic heterocycles. The van der Waals surface area contributed by atoms with Crippen molar-refractivity contribution < 1.29 is 23.9 Å². The highest BCUT2D eigenvalue weighted by atomic mass is 16.5. The van der Waals surface area contributed by atoms with E-state index in [9.17, 15) is 14.4 Å². The van der Waals surface area contributed by atoms with Crippen molar-refractivity contribution in [3.63, 3.8) is 0 Å². The SMILES string of the molecule is CC[C@H](C)[C@H](NC(=O)OCc1ccccc1)C(=O)[C@H]1C(=O)N2C(N)CO[C@H]12. The quantitative estimate of drug-likeness (QED) is 0.543. The monoisotopic (exact) mass is 375 g/mol. The number of nitrogens with zero attached hydrogens (tertiary/aromatic N) is 1. The number of carbonyl (C=O) groups is 3. The second kappa shape index (κ2) is 8.06. The number of nitrogens with two attached hydrogens (primary N) is 1. The molecule has 146 valence electrons. The van der Waals surface area contributed by atoms with E-state index < -0.39 is 30.4 Å². The zero-order valence-electron chi connectivity index (χ0n) is 15.5. The van der Waals surface area contributed by atoms with E-state index in [1.54, 1.807) is 0 Å². The predicted molar refractivity (Wildman–Crippen MR) is 96.1 cm³/mol. The third-order valence-corrected chi connectivity index (χ3v) is 5.19. The van der Waals surface area contributed by atoms with Crippen LogP contribution in [0.25, 0.3) is 0 Å². The Morgan fingerprint density at radius 2 is 2.07 bits per heavy atom. The van der Waals surface area contributed by atoms with Crippen LogP contribution in [0.3, 0.4) is 0 Å². The predicted octanol–water partition coefficient (Wildman–Crippen LogP) is 0.996. The molecule has 8 heteroatoms. The molecule has 8 nitrogen and oxygen atoms in total. The average Bonchev–Trinajstić information content (AvgIpc) is 3.00. The van der Waals surface area contributed by atoms with E-state index in [-0.39, 0.29) is 30.8 Å². The number of β-lactam (4-membered cyclic amide) rings is 1. The molecule has 2 heterocycles. The number of nitrogens with one attached hydrogen (secondary N) is 1. The molecule has 1 aromatic carbocycles. The number of hydrogen-bond acceptors (Lipinski definition) is 6. The van der Waals surface area contributed by atoms with E-state index in [0.29, 0.717) is 6.42 Å². The summed E-state index contributed by atoms with van der Waals surface area (Å²) >= 11 is 0. The van der Waals surface area contributed by atoms with Crippen molar-refractivity contribution in [1.82, 2.24) is 10.2 Å². The van der Waals surface area contributed by atoms with Crippen LogP contribution in [0.1, 0.15) is 25.8 Å². The highest BCUT2D eigenvalue weighted by Crippen LogP contribution is 2.35. The summed E-state index contributed by atoms with van der Waals surface area (Å²) in [7, 11) is 0. The molecular weight excluding hydrogens is 350 g/mol. The Morgan fingerprint density at radius 1 is 1.37 bits per heavy atom. The van der Waals surface area contributed by atoms with Crippen LogP contribution >= 0.6 is 0 Å². The van der Waals surface area contributed by atoms with Crippen LogP contribution in [0.15, 0.2) is 30.3 Å². The summed E-state index contributed by atoms with van der Waals surface area (Å²) in [4.78, 5) is 38.9. The summed E-state index contributed by atoms with van der Waals surface area (Å²) in [6, 6.07) is 8.43. The van der Waals surface area contributed by atoms with E-state index >= 15 is 0 Å². The summed E-state index contributed by atoms with van der Waals surface area (Å²) in [6.07, 6.45) is -1.18. The third kappa shape index (κ3) is 3.81. The number of benzene rings is 1. The maximum atomic E-state index is 13.0. The van der Waals surface area contributed by atoms with E-state index in [2.05, 4.69) is 5.32 Å². The minimum Gasteiger partial charge on any atom is -0.445 e. The second-order valence-electron chi connectivity index (χ2n) is 6.99. The molecule has 1 unspecified atom stereocenters. The molecule has 0 spiro atoms. The Kier molecular flexibility index (Phi) is 5.76. The van der Waals surface area contributed by atoms with Gasteiger partial charge in [0.25, 0.3) is 0 Å². The van der Waals surface area contributed by atoms with Crippen molar-refractivity contribution in [3.05, 3.63) is 35.9 Å². The molecule has 2 aliphatic rings. The van der Waals surface area contributed by atoms with Gasteiger partial charge in [-0.1, -0.05) is 50.6 Å². The number of ether oxygens (including phenoxy) is 2. The molecule has 2 saturated heterocycles. The zero-order valence-corrected chi connectivity index (χ0v) is 15.5. The first-order valence-corrected chi connectivity index (χ1v) is 9.14. The van der Waals surface area contributed by atoms with E-state index in [0.717, 1.165) is 5.56 Å². The lowest BCUT2D eigenvalue weighted by molar-refractivity contribution is -0.177. The Bertz CT molecular complexity index is 711. The fourth-order valence-electron chi connectivity index (χ4n) is 3.37. The fraction of sp³-hybridized carbons (Fsp3) is 0.526. The van der Waals surface area contributed by atoms with Crippen molar-refractivity contribution >= 4 is 17.8 Å². The Hall–Kier alpha value is -2.45. The number of carbonyl (C=O) groups excluding carboxylic acids is 3. The second-order valence-corrected chi connectivity index (χ2v) is 6.99. The van der Waals surface area contributed by atoms with Gasteiger partial charge in [-0.15, -0.1) is 0 Å². The van der Waals surface area contributed by atoms with Crippen LogP contribution in [0, 0.1) is 11.8 Å². The van der Waals surface area contributed by atoms with Crippen LogP contribution in [-0.4, -0.2) is 47.7 Å². The standard InChI is InChI=1S/C19H25N3O5/c1-3-11(2)15(21-19(25)27-9-12-7-5-4-6-8-12)16(23)14-17(24)22-13(20)10-26-18(14)22/h4-8,11,13-15,18H,3,9-10,20H2,1-2H3,(H,21,25)/t11-,13?,14-,15-,18+/m0/s1. The van der Waals surface area contributed by atoms with Gasteiger partial charge in [0.1, 0.15) is 18.7 Å². The van der Waals surface area contributed by atoms with Gasteiger partial charge in [-0.25, -0.2) is 4.79 Å². The third-order valence-electron chi connectivity index (χ3n) is 5.19. The Morgan fingerprint density at radius 3 is 2.74 bits per heavy atom. The van der Waals surface area contributed by atoms with Crippen LogP contribution in [0.4, 0.5) is 4.79 Å². The van der Waals surface area contributed by atoms with Crippen molar-refractivity contribution in [2.45, 2.75) is 45.3 Å². The van der Waals surface area contributed by atoms with Gasteiger partial charge < -0.3 is 20.5 Å². The number of rotatable bonds is 7. The number of ketones is 1. The van der Waals surface area contributed by atoms with Gasteiger partial charge >= 0.3 is 6.09 Å². The maximum absolute atomic E-state index is 13.0. The summed E-state index contributed by atoms with van der Waals surface area (Å²) in [6.45, 7) is 4.08. The largest absolute Gasteiger partial charge is 0.445 e. The zero-order chi connectivity index (χ0) is 19.6. The van der Waals surface area contributed by atoms with Gasteiger partial charge in [-0.2, -0.15) is 0 Å². The number of fused-ring (bicyclic) bond motifs is 1. The van der Waals surface area contributed by atoms with Crippen molar-refractivity contribution in [3.8, 4) is 0 Å². The van der Waals surface area contributed by atoms with Crippen LogP contribution in [0.2, 0.25) is 0 Å². The Labute approximate surface area is 158 Å². The first-order chi connectivity index (χ1) is 12.9. The number of Topliss-reactive ketones (excluding diaryl/α,β-unsaturated/α-hetero) is 1. The molecule has 3 N–H and O–H groups in total. The van der Waals surface area contributed by atoms with Gasteiger partial charge in [0.05, 0.1) is 12.6 Å². The molecule has 0 aromatic heterocycles. The summed E-state index contributed by atoms with van der Waals surface area (Å²) in [5.74, 6) is -1.78. The first kappa shape index (κ1) is 19.3. The van der Waals surface area contributed by atoms with Crippen molar-refractivity contribution in [1.29, 1.82) is 0 Å². The van der Waals surface area contributed by atoms with E-state index in [1.807, 2.05) is 44.2 Å². The van der Waals surface area contributed by atoms with Gasteiger partial charge in [0, 0.05) is 0 Å². The summed E-state index contributed by atoms with van der Waals surface area (Å²) < 4.78 is 10.7. The molecule has 0 bridgehead atoms. The van der Waals surface area contributed by atoms with Crippen molar-refractivity contribution in [2.24, 2.45) is 17.6 Å². The lowest BCUT2D eigenvalue weighted by Crippen LogP contribution is -2.67. The molecule has 0 radical (unpaired) electrons. The minimum atomic E-state index is -0.924. The highest BCUT2D eigenvalue weighted by molar-refractivity contribution is 6.09. The molecular formula is C19H25N3O5. The highest BCUT2D eigenvalue weighted by Gasteiger charge is 2.59. The Balaban J connectivity index is 1.62. The van der Waals surface area contributed by atoms with E-state index in [1.165, 1.54) is 4.90 Å². The first-order valence-electron chi connectivity index (χ1n) is 9.14.